The minimum Gasteiger partial charge on any atom is -0.320 e. The number of halogens is 1. The average Bonchev–Trinajstić information content (AvgIpc) is 2.70. The molecule has 1 saturated heterocycles. The van der Waals surface area contributed by atoms with Crippen molar-refractivity contribution in [3.8, 4) is 0 Å². The third-order valence-electron chi connectivity index (χ3n) is 2.72. The molecule has 0 radical (unpaired) electrons. The van der Waals surface area contributed by atoms with Gasteiger partial charge in [-0.2, -0.15) is 0 Å². The number of rotatable bonds is 2. The van der Waals surface area contributed by atoms with Crippen LogP contribution in [0.5, 0.6) is 0 Å². The first-order valence-electron chi connectivity index (χ1n) is 5.13. The van der Waals surface area contributed by atoms with Gasteiger partial charge in [-0.15, -0.1) is 0 Å². The number of hydrogen-bond donors (Lipinski definition) is 1. The van der Waals surface area contributed by atoms with Gasteiger partial charge in [-0.05, 0) is 42.7 Å². The maximum atomic E-state index is 4.50. The maximum Gasteiger partial charge on any atom is 0.114 e. The summed E-state index contributed by atoms with van der Waals surface area (Å²) in [5.74, 6) is 1.81. The van der Waals surface area contributed by atoms with E-state index in [2.05, 4.69) is 44.6 Å². The third-order valence-corrected chi connectivity index (χ3v) is 3.31. The number of hydrogen-bond acceptors (Lipinski definition) is 2. The van der Waals surface area contributed by atoms with Crippen LogP contribution >= 0.6 is 15.9 Å². The lowest BCUT2D eigenvalue weighted by Gasteiger charge is -2.16. The molecule has 4 heteroatoms. The molecule has 0 spiro atoms. The molecular weight excluding hydrogens is 242 g/mol. The van der Waals surface area contributed by atoms with E-state index >= 15 is 0 Å². The molecule has 0 aliphatic carbocycles. The highest BCUT2D eigenvalue weighted by atomic mass is 79.9. The number of nitrogens with zero attached hydrogens (tertiary/aromatic N) is 2. The fourth-order valence-corrected chi connectivity index (χ4v) is 2.74. The Morgan fingerprint density at radius 1 is 1.64 bits per heavy atom. The lowest BCUT2D eigenvalue weighted by atomic mass is 10.1. The highest BCUT2D eigenvalue weighted by Gasteiger charge is 2.23. The van der Waals surface area contributed by atoms with Crippen molar-refractivity contribution < 1.29 is 0 Å². The van der Waals surface area contributed by atoms with Crippen LogP contribution in [0.3, 0.4) is 0 Å². The van der Waals surface area contributed by atoms with Crippen molar-refractivity contribution in [3.05, 3.63) is 16.6 Å². The van der Waals surface area contributed by atoms with E-state index in [1.165, 1.54) is 12.2 Å². The van der Waals surface area contributed by atoms with Crippen LogP contribution in [-0.4, -0.2) is 22.6 Å². The Kier molecular flexibility index (Phi) is 2.93. The summed E-state index contributed by atoms with van der Waals surface area (Å²) in [5.41, 5.74) is 0. The van der Waals surface area contributed by atoms with Gasteiger partial charge in [0.25, 0.3) is 0 Å². The summed E-state index contributed by atoms with van der Waals surface area (Å²) in [6, 6.07) is 0.475. The molecule has 0 aromatic carbocycles. The summed E-state index contributed by atoms with van der Waals surface area (Å²) >= 11 is 3.54. The lowest BCUT2D eigenvalue weighted by molar-refractivity contribution is 0.529. The molecule has 1 atom stereocenters. The highest BCUT2D eigenvalue weighted by Crippen LogP contribution is 2.27. The zero-order chi connectivity index (χ0) is 10.1. The molecule has 14 heavy (non-hydrogen) atoms. The smallest absolute Gasteiger partial charge is 0.114 e. The van der Waals surface area contributed by atoms with Crippen molar-refractivity contribution in [1.29, 1.82) is 0 Å². The topological polar surface area (TPSA) is 29.9 Å². The normalized spacial score (nSPS) is 22.1. The molecule has 0 amide bonds. The van der Waals surface area contributed by atoms with Crippen molar-refractivity contribution in [3.63, 3.8) is 0 Å². The van der Waals surface area contributed by atoms with Gasteiger partial charge in [0.05, 0.1) is 6.20 Å². The van der Waals surface area contributed by atoms with Crippen LogP contribution in [0.2, 0.25) is 0 Å². The monoisotopic (exact) mass is 257 g/mol. The van der Waals surface area contributed by atoms with E-state index in [9.17, 15) is 0 Å². The van der Waals surface area contributed by atoms with Crippen LogP contribution < -0.4 is 5.32 Å². The molecule has 1 fully saturated rings. The van der Waals surface area contributed by atoms with Crippen LogP contribution in [0.25, 0.3) is 0 Å². The Balaban J connectivity index is 2.32. The molecule has 3 nitrogen and oxygen atoms in total. The van der Waals surface area contributed by atoms with E-state index in [4.69, 9.17) is 0 Å². The molecule has 78 valence electrons. The largest absolute Gasteiger partial charge is 0.320 e. The van der Waals surface area contributed by atoms with Crippen LogP contribution in [0.4, 0.5) is 0 Å². The number of imidazole rings is 1. The van der Waals surface area contributed by atoms with Gasteiger partial charge < -0.3 is 9.88 Å². The van der Waals surface area contributed by atoms with Crippen molar-refractivity contribution in [2.45, 2.75) is 32.2 Å². The summed E-state index contributed by atoms with van der Waals surface area (Å²) in [6.45, 7) is 6.57. The Morgan fingerprint density at radius 2 is 2.43 bits per heavy atom. The van der Waals surface area contributed by atoms with Gasteiger partial charge in [-0.25, -0.2) is 4.98 Å². The quantitative estimate of drug-likeness (QED) is 0.882. The van der Waals surface area contributed by atoms with Gasteiger partial charge >= 0.3 is 0 Å². The number of aromatic nitrogens is 2. The van der Waals surface area contributed by atoms with Crippen molar-refractivity contribution in [1.82, 2.24) is 14.9 Å². The van der Waals surface area contributed by atoms with E-state index in [0.29, 0.717) is 12.0 Å². The predicted octanol–water partition coefficient (Wildman–Crippen LogP) is 2.30. The maximum absolute atomic E-state index is 4.50. The second kappa shape index (κ2) is 4.03. The summed E-state index contributed by atoms with van der Waals surface area (Å²) < 4.78 is 3.37. The van der Waals surface area contributed by atoms with Gasteiger partial charge in [-0.1, -0.05) is 0 Å². The second-order valence-electron chi connectivity index (χ2n) is 4.09. The zero-order valence-corrected chi connectivity index (χ0v) is 10.2. The van der Waals surface area contributed by atoms with Crippen LogP contribution in [0, 0.1) is 0 Å². The van der Waals surface area contributed by atoms with Gasteiger partial charge in [0.15, 0.2) is 0 Å². The Hall–Kier alpha value is -0.350. The van der Waals surface area contributed by atoms with Crippen molar-refractivity contribution in [2.75, 3.05) is 13.1 Å². The summed E-state index contributed by atoms with van der Waals surface area (Å²) in [4.78, 5) is 4.50. The van der Waals surface area contributed by atoms with Gasteiger partial charge in [-0.3, -0.25) is 0 Å². The van der Waals surface area contributed by atoms with Gasteiger partial charge in [0.2, 0.25) is 0 Å². The third kappa shape index (κ3) is 1.73. The second-order valence-corrected chi connectivity index (χ2v) is 4.91. The molecule has 1 aromatic rings. The summed E-state index contributed by atoms with van der Waals surface area (Å²) in [5, 5.41) is 3.38. The Morgan fingerprint density at radius 3 is 3.00 bits per heavy atom. The molecule has 2 heterocycles. The highest BCUT2D eigenvalue weighted by molar-refractivity contribution is 9.10. The molecule has 1 unspecified atom stereocenters. The molecule has 1 aromatic heterocycles. The first-order chi connectivity index (χ1) is 6.70. The molecular formula is C10H16BrN3. The number of nitrogens with one attached hydrogen (secondary N) is 1. The van der Waals surface area contributed by atoms with Gasteiger partial charge in [0, 0.05) is 18.5 Å². The van der Waals surface area contributed by atoms with Crippen LogP contribution in [0.15, 0.2) is 10.8 Å². The van der Waals surface area contributed by atoms with Gasteiger partial charge in [0.1, 0.15) is 10.4 Å². The molecule has 1 aliphatic rings. The zero-order valence-electron chi connectivity index (χ0n) is 8.63. The first kappa shape index (κ1) is 10.2. The van der Waals surface area contributed by atoms with Crippen LogP contribution in [-0.2, 0) is 0 Å². The van der Waals surface area contributed by atoms with E-state index in [1.807, 2.05) is 6.20 Å². The molecule has 1 N–H and O–H groups in total. The fraction of sp³-hybridized carbons (Fsp3) is 0.700. The van der Waals surface area contributed by atoms with Crippen molar-refractivity contribution >= 4 is 15.9 Å². The minimum atomic E-state index is 0.475. The van der Waals surface area contributed by atoms with Crippen LogP contribution in [0.1, 0.15) is 38.1 Å². The van der Waals surface area contributed by atoms with Crippen molar-refractivity contribution in [2.24, 2.45) is 0 Å². The predicted molar refractivity (Wildman–Crippen MR) is 60.5 cm³/mol. The Labute approximate surface area is 93.0 Å². The molecule has 0 bridgehead atoms. The fourth-order valence-electron chi connectivity index (χ4n) is 2.04. The Bertz CT molecular complexity index is 313. The average molecular weight is 258 g/mol. The molecule has 2 rings (SSSR count). The van der Waals surface area contributed by atoms with E-state index in [1.54, 1.807) is 0 Å². The minimum absolute atomic E-state index is 0.475. The lowest BCUT2D eigenvalue weighted by Crippen LogP contribution is -2.14. The van der Waals surface area contributed by atoms with E-state index in [-0.39, 0.29) is 0 Å². The standard InChI is InChI=1S/C10H16BrN3/c1-7(2)14-9(11)6-13-10(14)8-3-4-12-5-8/h6-8,12H,3-5H2,1-2H3. The van der Waals surface area contributed by atoms with E-state index in [0.717, 1.165) is 17.7 Å². The molecule has 0 saturated carbocycles. The summed E-state index contributed by atoms with van der Waals surface area (Å²) in [6.07, 6.45) is 3.11. The van der Waals surface area contributed by atoms with E-state index < -0.39 is 0 Å². The molecule has 1 aliphatic heterocycles. The first-order valence-corrected chi connectivity index (χ1v) is 5.92. The summed E-state index contributed by atoms with van der Waals surface area (Å²) in [7, 11) is 0. The SMILES string of the molecule is CC(C)n1c(Br)cnc1C1CCNC1.